The van der Waals surface area contributed by atoms with Crippen molar-refractivity contribution >= 4 is 40.1 Å². The van der Waals surface area contributed by atoms with E-state index in [-0.39, 0.29) is 17.2 Å². The fourth-order valence-electron chi connectivity index (χ4n) is 3.37. The number of rotatable bonds is 4. The number of fused-ring (bicyclic) bond motifs is 1. The third-order valence-electron chi connectivity index (χ3n) is 4.85. The van der Waals surface area contributed by atoms with E-state index < -0.39 is 11.8 Å². The molecule has 0 N–H and O–H groups in total. The van der Waals surface area contributed by atoms with Crippen molar-refractivity contribution in [3.63, 3.8) is 0 Å². The first-order valence-electron chi connectivity index (χ1n) is 9.21. The number of hydrogen-bond donors (Lipinski definition) is 0. The molecule has 0 saturated carbocycles. The number of ether oxygens (including phenoxy) is 1. The number of carbonyl (C=O) groups is 1. The van der Waals surface area contributed by atoms with Crippen molar-refractivity contribution in [2.45, 2.75) is 13.5 Å². The molecule has 0 aliphatic rings. The molecular weight excluding hydrogens is 424 g/mol. The van der Waals surface area contributed by atoms with E-state index in [1.807, 2.05) is 43.3 Å². The zero-order valence-electron chi connectivity index (χ0n) is 16.0. The summed E-state index contributed by atoms with van der Waals surface area (Å²) in [5, 5.41) is 1.43. The van der Waals surface area contributed by atoms with Crippen LogP contribution in [0, 0.1) is 12.7 Å². The number of aromatic nitrogens is 1. The fraction of sp³-hybridized carbons (Fsp3) is 0.0833. The van der Waals surface area contributed by atoms with E-state index in [1.165, 1.54) is 12.1 Å². The SMILES string of the molecule is Cc1c(-c2cccc(Cl)c2)nc2ccccc2c1C(=O)OCc1c(F)cccc1Cl. The Balaban J connectivity index is 1.79. The molecule has 3 aromatic carbocycles. The van der Waals surface area contributed by atoms with Crippen molar-refractivity contribution in [1.29, 1.82) is 0 Å². The fourth-order valence-corrected chi connectivity index (χ4v) is 3.78. The molecule has 3 nitrogen and oxygen atoms in total. The number of para-hydroxylation sites is 1. The number of nitrogens with zero attached hydrogens (tertiary/aromatic N) is 1. The molecule has 4 rings (SSSR count). The summed E-state index contributed by atoms with van der Waals surface area (Å²) in [4.78, 5) is 17.8. The molecule has 0 saturated heterocycles. The van der Waals surface area contributed by atoms with Gasteiger partial charge in [-0.2, -0.15) is 0 Å². The quantitative estimate of drug-likeness (QED) is 0.321. The lowest BCUT2D eigenvalue weighted by atomic mass is 9.98. The summed E-state index contributed by atoms with van der Waals surface area (Å²) in [6.07, 6.45) is 0. The molecule has 1 aromatic heterocycles. The summed E-state index contributed by atoms with van der Waals surface area (Å²) in [6, 6.07) is 18.9. The molecule has 0 aliphatic carbocycles. The monoisotopic (exact) mass is 439 g/mol. The number of halogens is 3. The van der Waals surface area contributed by atoms with Gasteiger partial charge in [-0.25, -0.2) is 14.2 Å². The Hall–Kier alpha value is -2.95. The number of benzene rings is 3. The molecule has 0 atom stereocenters. The lowest BCUT2D eigenvalue weighted by molar-refractivity contribution is 0.0470. The van der Waals surface area contributed by atoms with Crippen LogP contribution in [0.15, 0.2) is 66.7 Å². The highest BCUT2D eigenvalue weighted by Gasteiger charge is 2.21. The molecule has 0 aliphatic heterocycles. The van der Waals surface area contributed by atoms with E-state index in [0.29, 0.717) is 32.7 Å². The van der Waals surface area contributed by atoms with Gasteiger partial charge >= 0.3 is 5.97 Å². The van der Waals surface area contributed by atoms with Crippen molar-refractivity contribution < 1.29 is 13.9 Å². The second kappa shape index (κ2) is 8.42. The van der Waals surface area contributed by atoms with E-state index in [2.05, 4.69) is 0 Å². The first kappa shape index (κ1) is 20.3. The van der Waals surface area contributed by atoms with Gasteiger partial charge in [0.15, 0.2) is 0 Å². The van der Waals surface area contributed by atoms with E-state index in [0.717, 1.165) is 5.56 Å². The topological polar surface area (TPSA) is 39.2 Å². The molecule has 0 bridgehead atoms. The summed E-state index contributed by atoms with van der Waals surface area (Å²) in [7, 11) is 0. The van der Waals surface area contributed by atoms with Crippen molar-refractivity contribution in [3.8, 4) is 11.3 Å². The molecule has 0 spiro atoms. The van der Waals surface area contributed by atoms with Crippen LogP contribution in [0.25, 0.3) is 22.2 Å². The second-order valence-corrected chi connectivity index (χ2v) is 7.61. The molecule has 1 heterocycles. The van der Waals surface area contributed by atoms with Gasteiger partial charge in [-0.15, -0.1) is 0 Å². The molecule has 30 heavy (non-hydrogen) atoms. The maximum atomic E-state index is 14.1. The van der Waals surface area contributed by atoms with Crippen molar-refractivity contribution in [2.24, 2.45) is 0 Å². The minimum atomic E-state index is -0.575. The molecule has 150 valence electrons. The molecule has 0 fully saturated rings. The normalized spacial score (nSPS) is 10.9. The van der Waals surface area contributed by atoms with Crippen LogP contribution in [0.5, 0.6) is 0 Å². The minimum absolute atomic E-state index is 0.138. The van der Waals surface area contributed by atoms with Crippen LogP contribution in [0.1, 0.15) is 21.5 Å². The first-order valence-corrected chi connectivity index (χ1v) is 9.96. The van der Waals surface area contributed by atoms with Gasteiger partial charge in [-0.3, -0.25) is 0 Å². The number of hydrogen-bond acceptors (Lipinski definition) is 3. The summed E-state index contributed by atoms with van der Waals surface area (Å²) < 4.78 is 19.5. The molecule has 4 aromatic rings. The predicted octanol–water partition coefficient (Wildman–Crippen LogP) is 7.01. The highest BCUT2D eigenvalue weighted by atomic mass is 35.5. The Labute approximate surface area is 183 Å². The van der Waals surface area contributed by atoms with Gasteiger partial charge in [0.2, 0.25) is 0 Å². The van der Waals surface area contributed by atoms with Crippen LogP contribution in [0.4, 0.5) is 4.39 Å². The van der Waals surface area contributed by atoms with Crippen molar-refractivity contribution in [3.05, 3.63) is 99.3 Å². The van der Waals surface area contributed by atoms with Crippen LogP contribution in [-0.2, 0) is 11.3 Å². The summed E-state index contributed by atoms with van der Waals surface area (Å²) in [5.41, 5.74) is 3.24. The van der Waals surface area contributed by atoms with Crippen LogP contribution < -0.4 is 0 Å². The van der Waals surface area contributed by atoms with Crippen LogP contribution in [0.3, 0.4) is 0 Å². The zero-order chi connectivity index (χ0) is 21.3. The van der Waals surface area contributed by atoms with Gasteiger partial charge in [0.05, 0.1) is 21.8 Å². The van der Waals surface area contributed by atoms with E-state index in [1.54, 1.807) is 18.2 Å². The Morgan fingerprint density at radius 2 is 1.80 bits per heavy atom. The lowest BCUT2D eigenvalue weighted by Gasteiger charge is -2.15. The number of esters is 1. The van der Waals surface area contributed by atoms with Crippen LogP contribution >= 0.6 is 23.2 Å². The molecule has 6 heteroatoms. The number of pyridine rings is 1. The largest absolute Gasteiger partial charge is 0.457 e. The zero-order valence-corrected chi connectivity index (χ0v) is 17.5. The highest BCUT2D eigenvalue weighted by Crippen LogP contribution is 2.31. The maximum absolute atomic E-state index is 14.1. The summed E-state index contributed by atoms with van der Waals surface area (Å²) in [5.74, 6) is -1.10. The Kier molecular flexibility index (Phi) is 5.71. The Morgan fingerprint density at radius 1 is 1.03 bits per heavy atom. The minimum Gasteiger partial charge on any atom is -0.457 e. The Morgan fingerprint density at radius 3 is 2.57 bits per heavy atom. The van der Waals surface area contributed by atoms with Crippen molar-refractivity contribution in [1.82, 2.24) is 4.98 Å². The lowest BCUT2D eigenvalue weighted by Crippen LogP contribution is -2.11. The van der Waals surface area contributed by atoms with Gasteiger partial charge in [0.1, 0.15) is 12.4 Å². The van der Waals surface area contributed by atoms with Crippen LogP contribution in [0.2, 0.25) is 10.0 Å². The summed E-state index contributed by atoms with van der Waals surface area (Å²) in [6.45, 7) is 1.54. The molecular formula is C24H16Cl2FNO2. The van der Waals surface area contributed by atoms with Gasteiger partial charge in [-0.05, 0) is 42.8 Å². The standard InChI is InChI=1S/C24H16Cl2FNO2/c1-14-22(24(29)30-13-18-19(26)9-5-10-20(18)27)17-8-2-3-11-21(17)28-23(14)15-6-4-7-16(25)12-15/h2-12H,13H2,1H3. The van der Waals surface area contributed by atoms with Gasteiger partial charge in [0.25, 0.3) is 0 Å². The predicted molar refractivity (Wildman–Crippen MR) is 117 cm³/mol. The van der Waals surface area contributed by atoms with Gasteiger partial charge < -0.3 is 4.74 Å². The second-order valence-electron chi connectivity index (χ2n) is 6.76. The molecule has 0 unspecified atom stereocenters. The maximum Gasteiger partial charge on any atom is 0.339 e. The van der Waals surface area contributed by atoms with Crippen LogP contribution in [-0.4, -0.2) is 11.0 Å². The first-order chi connectivity index (χ1) is 14.5. The average Bonchev–Trinajstić information content (AvgIpc) is 2.72. The molecule has 0 amide bonds. The van der Waals surface area contributed by atoms with Gasteiger partial charge in [0, 0.05) is 21.5 Å². The Bertz CT molecular complexity index is 1250. The summed E-state index contributed by atoms with van der Waals surface area (Å²) >= 11 is 12.2. The highest BCUT2D eigenvalue weighted by molar-refractivity contribution is 6.31. The van der Waals surface area contributed by atoms with E-state index in [9.17, 15) is 9.18 Å². The van der Waals surface area contributed by atoms with Crippen molar-refractivity contribution in [2.75, 3.05) is 0 Å². The number of carbonyl (C=O) groups excluding carboxylic acids is 1. The average molecular weight is 440 g/mol. The smallest absolute Gasteiger partial charge is 0.339 e. The van der Waals surface area contributed by atoms with E-state index >= 15 is 0 Å². The third-order valence-corrected chi connectivity index (χ3v) is 5.44. The van der Waals surface area contributed by atoms with Gasteiger partial charge in [-0.1, -0.05) is 59.6 Å². The third kappa shape index (κ3) is 3.89. The molecule has 0 radical (unpaired) electrons. The van der Waals surface area contributed by atoms with E-state index in [4.69, 9.17) is 32.9 Å².